The third-order valence-corrected chi connectivity index (χ3v) is 3.83. The minimum Gasteiger partial charge on any atom is -0.489 e. The van der Waals surface area contributed by atoms with Gasteiger partial charge in [-0.3, -0.25) is 0 Å². The normalized spacial score (nSPS) is 16.4. The summed E-state index contributed by atoms with van der Waals surface area (Å²) >= 11 is 0. The number of rotatable bonds is 4. The van der Waals surface area contributed by atoms with E-state index in [1.54, 1.807) is 0 Å². The molecule has 0 amide bonds. The topological polar surface area (TPSA) is 38.7 Å². The Labute approximate surface area is 125 Å². The zero-order chi connectivity index (χ0) is 14.8. The molecule has 1 N–H and O–H groups in total. The van der Waals surface area contributed by atoms with Crippen LogP contribution in [0.1, 0.15) is 22.3 Å². The highest BCUT2D eigenvalue weighted by atomic mass is 16.5. The maximum atomic E-state index is 9.22. The van der Waals surface area contributed by atoms with Crippen molar-refractivity contribution in [2.24, 2.45) is 0 Å². The Bertz CT molecular complexity index is 601. The van der Waals surface area contributed by atoms with Crippen LogP contribution in [0.2, 0.25) is 0 Å². The van der Waals surface area contributed by atoms with Crippen molar-refractivity contribution in [3.05, 3.63) is 58.7 Å². The summed E-state index contributed by atoms with van der Waals surface area (Å²) in [5.41, 5.74) is 4.26. The van der Waals surface area contributed by atoms with Gasteiger partial charge in [0.1, 0.15) is 24.2 Å². The maximum Gasteiger partial charge on any atom is 0.137 e. The molecule has 3 heteroatoms. The van der Waals surface area contributed by atoms with E-state index in [1.165, 1.54) is 5.56 Å². The molecule has 110 valence electrons. The molecule has 1 aliphatic heterocycles. The van der Waals surface area contributed by atoms with Crippen LogP contribution in [0.25, 0.3) is 0 Å². The molecule has 0 saturated heterocycles. The molecule has 0 bridgehead atoms. The Morgan fingerprint density at radius 3 is 2.57 bits per heavy atom. The molecule has 0 aliphatic carbocycles. The van der Waals surface area contributed by atoms with Gasteiger partial charge in [-0.1, -0.05) is 30.3 Å². The first-order valence-electron chi connectivity index (χ1n) is 7.25. The van der Waals surface area contributed by atoms with E-state index in [9.17, 15) is 5.11 Å². The third kappa shape index (κ3) is 2.88. The molecule has 1 unspecified atom stereocenters. The molecule has 3 rings (SSSR count). The molecule has 1 heterocycles. The Hall–Kier alpha value is -2.00. The molecular formula is C18H20O3. The van der Waals surface area contributed by atoms with Gasteiger partial charge in [0.05, 0.1) is 6.61 Å². The lowest BCUT2D eigenvalue weighted by Gasteiger charge is -2.16. The predicted molar refractivity (Wildman–Crippen MR) is 81.9 cm³/mol. The first-order valence-corrected chi connectivity index (χ1v) is 7.25. The highest BCUT2D eigenvalue weighted by molar-refractivity contribution is 5.43. The SMILES string of the molecule is Cc1cc(CO)cc(C)c1OCC1Cc2ccccc2O1. The molecule has 0 spiro atoms. The van der Waals surface area contributed by atoms with E-state index >= 15 is 0 Å². The van der Waals surface area contributed by atoms with Crippen LogP contribution in [0.4, 0.5) is 0 Å². The van der Waals surface area contributed by atoms with Gasteiger partial charge in [-0.2, -0.15) is 0 Å². The molecule has 0 saturated carbocycles. The quantitative estimate of drug-likeness (QED) is 0.937. The summed E-state index contributed by atoms with van der Waals surface area (Å²) in [5.74, 6) is 1.86. The second kappa shape index (κ2) is 5.78. The number of hydrogen-bond donors (Lipinski definition) is 1. The molecule has 0 radical (unpaired) electrons. The van der Waals surface area contributed by atoms with E-state index in [0.29, 0.717) is 6.61 Å². The molecule has 2 aromatic carbocycles. The van der Waals surface area contributed by atoms with Crippen molar-refractivity contribution in [3.8, 4) is 11.5 Å². The fourth-order valence-electron chi connectivity index (χ4n) is 2.88. The summed E-state index contributed by atoms with van der Waals surface area (Å²) in [5, 5.41) is 9.22. The van der Waals surface area contributed by atoms with Gasteiger partial charge < -0.3 is 14.6 Å². The summed E-state index contributed by atoms with van der Waals surface area (Å²) < 4.78 is 11.9. The minimum absolute atomic E-state index is 0.0585. The Morgan fingerprint density at radius 1 is 1.19 bits per heavy atom. The van der Waals surface area contributed by atoms with Gasteiger partial charge in [0.2, 0.25) is 0 Å². The number of ether oxygens (including phenoxy) is 2. The van der Waals surface area contributed by atoms with Gasteiger partial charge in [0.15, 0.2) is 0 Å². The van der Waals surface area contributed by atoms with E-state index in [4.69, 9.17) is 9.47 Å². The average Bonchev–Trinajstić information content (AvgIpc) is 2.88. The molecule has 2 aromatic rings. The lowest BCUT2D eigenvalue weighted by Crippen LogP contribution is -2.22. The number of aryl methyl sites for hydroxylation is 2. The zero-order valence-electron chi connectivity index (χ0n) is 12.4. The van der Waals surface area contributed by atoms with Crippen LogP contribution in [0, 0.1) is 13.8 Å². The van der Waals surface area contributed by atoms with Crippen molar-refractivity contribution >= 4 is 0 Å². The lowest BCUT2D eigenvalue weighted by atomic mass is 10.1. The Balaban J connectivity index is 1.67. The number of aliphatic hydroxyl groups excluding tert-OH is 1. The first kappa shape index (κ1) is 14.0. The van der Waals surface area contributed by atoms with E-state index in [1.807, 2.05) is 44.2 Å². The largest absolute Gasteiger partial charge is 0.489 e. The van der Waals surface area contributed by atoms with E-state index in [-0.39, 0.29) is 12.7 Å². The van der Waals surface area contributed by atoms with Crippen LogP contribution in [0.3, 0.4) is 0 Å². The number of fused-ring (bicyclic) bond motifs is 1. The van der Waals surface area contributed by atoms with E-state index < -0.39 is 0 Å². The zero-order valence-corrected chi connectivity index (χ0v) is 12.4. The summed E-state index contributed by atoms with van der Waals surface area (Å²) in [6, 6.07) is 12.1. The van der Waals surface area contributed by atoms with Crippen LogP contribution >= 0.6 is 0 Å². The van der Waals surface area contributed by atoms with Crippen LogP contribution in [0.15, 0.2) is 36.4 Å². The third-order valence-electron chi connectivity index (χ3n) is 3.83. The lowest BCUT2D eigenvalue weighted by molar-refractivity contribution is 0.147. The number of benzene rings is 2. The molecule has 1 atom stereocenters. The van der Waals surface area contributed by atoms with Gasteiger partial charge in [0, 0.05) is 6.42 Å². The second-order valence-corrected chi connectivity index (χ2v) is 5.58. The highest BCUT2D eigenvalue weighted by Gasteiger charge is 2.23. The Morgan fingerprint density at radius 2 is 1.90 bits per heavy atom. The summed E-state index contributed by atoms with van der Waals surface area (Å²) in [7, 11) is 0. The monoisotopic (exact) mass is 284 g/mol. The summed E-state index contributed by atoms with van der Waals surface area (Å²) in [4.78, 5) is 0. The molecule has 21 heavy (non-hydrogen) atoms. The molecular weight excluding hydrogens is 264 g/mol. The molecule has 0 fully saturated rings. The smallest absolute Gasteiger partial charge is 0.137 e. The number of para-hydroxylation sites is 1. The standard InChI is InChI=1S/C18H20O3/c1-12-7-14(10-19)8-13(2)18(12)20-11-16-9-15-5-3-4-6-17(15)21-16/h3-8,16,19H,9-11H2,1-2H3. The molecule has 0 aromatic heterocycles. The van der Waals surface area contributed by atoms with Gasteiger partial charge >= 0.3 is 0 Å². The van der Waals surface area contributed by atoms with Crippen LogP contribution < -0.4 is 9.47 Å². The van der Waals surface area contributed by atoms with Crippen LogP contribution in [-0.2, 0) is 13.0 Å². The summed E-state index contributed by atoms with van der Waals surface area (Å²) in [6.07, 6.45) is 0.960. The van der Waals surface area contributed by atoms with Crippen molar-refractivity contribution in [3.63, 3.8) is 0 Å². The van der Waals surface area contributed by atoms with E-state index in [2.05, 4.69) is 6.07 Å². The van der Waals surface area contributed by atoms with Gasteiger partial charge in [-0.15, -0.1) is 0 Å². The van der Waals surface area contributed by atoms with Crippen molar-refractivity contribution in [1.29, 1.82) is 0 Å². The van der Waals surface area contributed by atoms with Crippen molar-refractivity contribution in [1.82, 2.24) is 0 Å². The van der Waals surface area contributed by atoms with Crippen molar-refractivity contribution in [2.75, 3.05) is 6.61 Å². The fraction of sp³-hybridized carbons (Fsp3) is 0.333. The molecule has 1 aliphatic rings. The van der Waals surface area contributed by atoms with Gasteiger partial charge in [-0.05, 0) is 42.2 Å². The number of aliphatic hydroxyl groups is 1. The van der Waals surface area contributed by atoms with E-state index in [0.717, 1.165) is 34.6 Å². The van der Waals surface area contributed by atoms with Crippen molar-refractivity contribution in [2.45, 2.75) is 33.0 Å². The highest BCUT2D eigenvalue weighted by Crippen LogP contribution is 2.30. The van der Waals surface area contributed by atoms with Crippen LogP contribution in [0.5, 0.6) is 11.5 Å². The average molecular weight is 284 g/mol. The minimum atomic E-state index is 0.0585. The van der Waals surface area contributed by atoms with Gasteiger partial charge in [-0.25, -0.2) is 0 Å². The first-order chi connectivity index (χ1) is 10.2. The summed E-state index contributed by atoms with van der Waals surface area (Å²) in [6.45, 7) is 4.61. The van der Waals surface area contributed by atoms with Crippen molar-refractivity contribution < 1.29 is 14.6 Å². The molecule has 3 nitrogen and oxygen atoms in total. The Kier molecular flexibility index (Phi) is 3.84. The van der Waals surface area contributed by atoms with Gasteiger partial charge in [0.25, 0.3) is 0 Å². The maximum absolute atomic E-state index is 9.22. The second-order valence-electron chi connectivity index (χ2n) is 5.58. The number of hydrogen-bond acceptors (Lipinski definition) is 3. The predicted octanol–water partition coefficient (Wildman–Crippen LogP) is 3.18. The van der Waals surface area contributed by atoms with Crippen LogP contribution in [-0.4, -0.2) is 17.8 Å². The fourth-order valence-corrected chi connectivity index (χ4v) is 2.88.